The van der Waals surface area contributed by atoms with Gasteiger partial charge in [-0.3, -0.25) is 9.80 Å². The molecule has 0 saturated heterocycles. The Hall–Kier alpha value is -3.28. The molecule has 144 valence electrons. The number of nitrogens with zero attached hydrogens (tertiary/aromatic N) is 3. The molecule has 0 bridgehead atoms. The summed E-state index contributed by atoms with van der Waals surface area (Å²) in [6, 6.07) is 17.5. The van der Waals surface area contributed by atoms with Gasteiger partial charge in [-0.15, -0.1) is 0 Å². The van der Waals surface area contributed by atoms with Gasteiger partial charge in [-0.1, -0.05) is 42.5 Å². The fourth-order valence-corrected chi connectivity index (χ4v) is 3.47. The summed E-state index contributed by atoms with van der Waals surface area (Å²) >= 11 is 0. The highest BCUT2D eigenvalue weighted by Crippen LogP contribution is 2.29. The van der Waals surface area contributed by atoms with Gasteiger partial charge in [0.05, 0.1) is 5.69 Å². The summed E-state index contributed by atoms with van der Waals surface area (Å²) in [5, 5.41) is 5.20. The molecular weight excluding hydrogens is 352 g/mol. The lowest BCUT2D eigenvalue weighted by atomic mass is 10.1. The van der Waals surface area contributed by atoms with Crippen LogP contribution in [0.15, 0.2) is 59.4 Å². The van der Waals surface area contributed by atoms with Crippen molar-refractivity contribution in [2.24, 2.45) is 0 Å². The van der Waals surface area contributed by atoms with Gasteiger partial charge in [0.2, 0.25) is 5.95 Å². The molecule has 2 aromatic carbocycles. The third kappa shape index (κ3) is 3.11. The van der Waals surface area contributed by atoms with Crippen molar-refractivity contribution in [3.8, 4) is 5.75 Å². The number of ether oxygens (including phenoxy) is 1. The third-order valence-corrected chi connectivity index (χ3v) is 5.26. The number of fused-ring (bicyclic) bond motifs is 1. The van der Waals surface area contributed by atoms with Crippen molar-refractivity contribution in [2.75, 3.05) is 17.4 Å². The van der Waals surface area contributed by atoms with Crippen LogP contribution in [0.2, 0.25) is 0 Å². The normalized spacial score (nSPS) is 16.4. The molecule has 1 aromatic heterocycles. The summed E-state index contributed by atoms with van der Waals surface area (Å²) < 4.78 is 7.67. The molecule has 3 aromatic rings. The summed E-state index contributed by atoms with van der Waals surface area (Å²) in [6.07, 6.45) is -0.492. The molecule has 0 aliphatic carbocycles. The maximum Gasteiger partial charge on any atom is 0.274 e. The van der Waals surface area contributed by atoms with Crippen molar-refractivity contribution < 1.29 is 4.74 Å². The van der Waals surface area contributed by atoms with E-state index in [1.165, 1.54) is 5.56 Å². The van der Waals surface area contributed by atoms with Gasteiger partial charge in [0.1, 0.15) is 18.0 Å². The van der Waals surface area contributed by atoms with Crippen LogP contribution in [-0.4, -0.2) is 16.7 Å². The Morgan fingerprint density at radius 2 is 1.86 bits per heavy atom. The second-order valence-corrected chi connectivity index (χ2v) is 7.14. The van der Waals surface area contributed by atoms with Crippen LogP contribution < -0.4 is 20.6 Å². The first kappa shape index (κ1) is 18.1. The number of hydrogen-bond acceptors (Lipinski definition) is 5. The minimum absolute atomic E-state index is 0.134. The molecule has 0 radical (unpaired) electrons. The Labute approximate surface area is 164 Å². The highest BCUT2D eigenvalue weighted by molar-refractivity contribution is 5.43. The van der Waals surface area contributed by atoms with E-state index < -0.39 is 0 Å². The summed E-state index contributed by atoms with van der Waals surface area (Å²) in [6.45, 7) is 5.99. The van der Waals surface area contributed by atoms with E-state index in [4.69, 9.17) is 4.74 Å². The van der Waals surface area contributed by atoms with Gasteiger partial charge in [-0.25, -0.2) is 4.98 Å². The Bertz CT molecular complexity index is 1060. The molecule has 0 amide bonds. The van der Waals surface area contributed by atoms with Crippen LogP contribution in [-0.2, 0) is 0 Å². The lowest BCUT2D eigenvalue weighted by molar-refractivity contribution is 0.220. The molecular formula is C22H24N4O2. The van der Waals surface area contributed by atoms with Crippen LogP contribution in [0.3, 0.4) is 0 Å². The van der Waals surface area contributed by atoms with E-state index in [9.17, 15) is 4.79 Å². The Balaban J connectivity index is 1.63. The minimum atomic E-state index is -0.345. The molecule has 4 rings (SSSR count). The molecule has 2 heterocycles. The quantitative estimate of drug-likeness (QED) is 0.752. The van der Waals surface area contributed by atoms with E-state index in [-0.39, 0.29) is 17.8 Å². The third-order valence-electron chi connectivity index (χ3n) is 5.26. The zero-order chi connectivity index (χ0) is 19.8. The summed E-state index contributed by atoms with van der Waals surface area (Å²) in [7, 11) is 1.87. The molecule has 6 nitrogen and oxygen atoms in total. The van der Waals surface area contributed by atoms with Gasteiger partial charge in [-0.05, 0) is 43.5 Å². The van der Waals surface area contributed by atoms with Crippen LogP contribution in [0.1, 0.15) is 41.6 Å². The van der Waals surface area contributed by atoms with Gasteiger partial charge in [0, 0.05) is 13.1 Å². The van der Waals surface area contributed by atoms with Crippen molar-refractivity contribution in [1.82, 2.24) is 9.66 Å². The van der Waals surface area contributed by atoms with Crippen LogP contribution in [0.4, 0.5) is 5.95 Å². The molecule has 6 heteroatoms. The lowest BCUT2D eigenvalue weighted by Crippen LogP contribution is -2.37. The zero-order valence-corrected chi connectivity index (χ0v) is 16.5. The van der Waals surface area contributed by atoms with E-state index in [1.807, 2.05) is 68.4 Å². The van der Waals surface area contributed by atoms with Crippen molar-refractivity contribution in [2.45, 2.75) is 33.0 Å². The number of hydrogen-bond donors (Lipinski definition) is 1. The molecule has 1 aliphatic rings. The zero-order valence-electron chi connectivity index (χ0n) is 16.5. The summed E-state index contributed by atoms with van der Waals surface area (Å²) in [4.78, 5) is 17.5. The lowest BCUT2D eigenvalue weighted by Gasteiger charge is -2.22. The maximum atomic E-state index is 12.8. The molecule has 0 spiro atoms. The van der Waals surface area contributed by atoms with Crippen molar-refractivity contribution >= 4 is 5.95 Å². The van der Waals surface area contributed by atoms with Crippen LogP contribution in [0.5, 0.6) is 5.75 Å². The minimum Gasteiger partial charge on any atom is -0.484 e. The fraction of sp³-hybridized carbons (Fsp3) is 0.273. The number of aryl methyl sites for hydroxylation is 1. The molecule has 28 heavy (non-hydrogen) atoms. The molecule has 0 saturated carbocycles. The van der Waals surface area contributed by atoms with E-state index in [1.54, 1.807) is 10.7 Å². The van der Waals surface area contributed by atoms with Gasteiger partial charge < -0.3 is 10.1 Å². The van der Waals surface area contributed by atoms with E-state index in [0.717, 1.165) is 16.9 Å². The number of anilines is 1. The Kier molecular flexibility index (Phi) is 4.55. The second kappa shape index (κ2) is 7.03. The molecule has 2 unspecified atom stereocenters. The van der Waals surface area contributed by atoms with Gasteiger partial charge in [-0.2, -0.15) is 4.68 Å². The predicted octanol–water partition coefficient (Wildman–Crippen LogP) is 3.69. The topological polar surface area (TPSA) is 59.4 Å². The molecule has 1 N–H and O–H groups in total. The number of nitrogens with one attached hydrogen (secondary N) is 1. The van der Waals surface area contributed by atoms with Gasteiger partial charge >= 0.3 is 0 Å². The maximum absolute atomic E-state index is 12.8. The molecule has 1 aliphatic heterocycles. The molecule has 2 atom stereocenters. The van der Waals surface area contributed by atoms with Crippen LogP contribution >= 0.6 is 0 Å². The standard InChI is InChI=1S/C22H24N4O2/c1-14-9-8-12-19(15(14)2)28-16(3)18-13-20(27)26-22(23-18)24-21(25(26)4)17-10-6-5-7-11-17/h5-13,16,21H,1-4H3,(H,23,24). The van der Waals surface area contributed by atoms with Crippen LogP contribution in [0.25, 0.3) is 0 Å². The Morgan fingerprint density at radius 1 is 1.11 bits per heavy atom. The smallest absolute Gasteiger partial charge is 0.274 e. The van der Waals surface area contributed by atoms with E-state index in [2.05, 4.69) is 23.3 Å². The molecule has 0 fully saturated rings. The highest BCUT2D eigenvalue weighted by Gasteiger charge is 2.30. The largest absolute Gasteiger partial charge is 0.484 e. The first-order valence-corrected chi connectivity index (χ1v) is 9.37. The number of benzene rings is 2. The highest BCUT2D eigenvalue weighted by atomic mass is 16.5. The Morgan fingerprint density at radius 3 is 2.61 bits per heavy atom. The van der Waals surface area contributed by atoms with Gasteiger partial charge in [0.25, 0.3) is 5.56 Å². The SMILES string of the molecule is Cc1cccc(OC(C)c2cc(=O)n3c(n2)NC(c2ccccc2)N3C)c1C. The fourth-order valence-electron chi connectivity index (χ4n) is 3.47. The van der Waals surface area contributed by atoms with Crippen LogP contribution in [0, 0.1) is 13.8 Å². The summed E-state index contributed by atoms with van der Waals surface area (Å²) in [5.41, 5.74) is 3.79. The summed E-state index contributed by atoms with van der Waals surface area (Å²) in [5.74, 6) is 1.33. The monoisotopic (exact) mass is 376 g/mol. The van der Waals surface area contributed by atoms with Gasteiger partial charge in [0.15, 0.2) is 0 Å². The van der Waals surface area contributed by atoms with Crippen molar-refractivity contribution in [3.63, 3.8) is 0 Å². The van der Waals surface area contributed by atoms with E-state index >= 15 is 0 Å². The average molecular weight is 376 g/mol. The van der Waals surface area contributed by atoms with Crippen molar-refractivity contribution in [1.29, 1.82) is 0 Å². The second-order valence-electron chi connectivity index (χ2n) is 7.14. The first-order valence-electron chi connectivity index (χ1n) is 9.37. The first-order chi connectivity index (χ1) is 13.5. The number of rotatable bonds is 4. The average Bonchev–Trinajstić information content (AvgIpc) is 3.03. The van der Waals surface area contributed by atoms with E-state index in [0.29, 0.717) is 11.6 Å². The van der Waals surface area contributed by atoms with Crippen molar-refractivity contribution in [3.05, 3.63) is 87.3 Å². The number of aromatic nitrogens is 2. The predicted molar refractivity (Wildman–Crippen MR) is 110 cm³/mol.